The third kappa shape index (κ3) is 2.77. The molecule has 0 spiro atoms. The summed E-state index contributed by atoms with van der Waals surface area (Å²) >= 11 is 1.57. The third-order valence-electron chi connectivity index (χ3n) is 1.62. The first-order valence-corrected chi connectivity index (χ1v) is 4.85. The first kappa shape index (κ1) is 10.1. The van der Waals surface area contributed by atoms with E-state index in [1.165, 1.54) is 12.1 Å². The summed E-state index contributed by atoms with van der Waals surface area (Å²) in [5, 5.41) is 0.285. The van der Waals surface area contributed by atoms with Crippen LogP contribution in [0.2, 0.25) is 0 Å². The normalized spacial score (nSPS) is 12.5. The molecule has 1 unspecified atom stereocenters. The summed E-state index contributed by atoms with van der Waals surface area (Å²) in [6, 6.07) is 4.43. The smallest absolute Gasteiger partial charge is 0.125 e. The summed E-state index contributed by atoms with van der Waals surface area (Å²) in [5.74, 6) is -0.298. The van der Waals surface area contributed by atoms with Crippen LogP contribution in [0.15, 0.2) is 35.7 Å². The Bertz CT molecular complexity index is 312. The van der Waals surface area contributed by atoms with Gasteiger partial charge in [0.25, 0.3) is 0 Å². The van der Waals surface area contributed by atoms with Gasteiger partial charge < -0.3 is 5.73 Å². The van der Waals surface area contributed by atoms with Crippen molar-refractivity contribution in [2.24, 2.45) is 0 Å². The Labute approximate surface area is 81.8 Å². The van der Waals surface area contributed by atoms with E-state index in [-0.39, 0.29) is 11.1 Å². The van der Waals surface area contributed by atoms with Gasteiger partial charge in [-0.25, -0.2) is 4.39 Å². The zero-order valence-electron chi connectivity index (χ0n) is 7.46. The van der Waals surface area contributed by atoms with Crippen molar-refractivity contribution in [2.75, 3.05) is 5.73 Å². The SMILES string of the molecule is C=CC(C)Sc1ccc(F)cc1N. The summed E-state index contributed by atoms with van der Waals surface area (Å²) in [7, 11) is 0. The Balaban J connectivity index is 2.83. The van der Waals surface area contributed by atoms with Crippen LogP contribution in [0.4, 0.5) is 10.1 Å². The Kier molecular flexibility index (Phi) is 3.37. The molecule has 1 aromatic carbocycles. The summed E-state index contributed by atoms with van der Waals surface area (Å²) in [6.45, 7) is 5.68. The number of rotatable bonds is 3. The van der Waals surface area contributed by atoms with Crippen molar-refractivity contribution in [3.63, 3.8) is 0 Å². The average molecular weight is 197 g/mol. The molecule has 0 saturated heterocycles. The number of nitrogen functional groups attached to an aromatic ring is 1. The fraction of sp³-hybridized carbons (Fsp3) is 0.200. The Morgan fingerprint density at radius 2 is 2.31 bits per heavy atom. The molecule has 0 saturated carbocycles. The summed E-state index contributed by atoms with van der Waals surface area (Å²) < 4.78 is 12.7. The molecule has 0 amide bonds. The van der Waals surface area contributed by atoms with Crippen LogP contribution in [0, 0.1) is 5.82 Å². The highest BCUT2D eigenvalue weighted by Crippen LogP contribution is 2.29. The molecular weight excluding hydrogens is 185 g/mol. The van der Waals surface area contributed by atoms with E-state index in [1.807, 2.05) is 13.0 Å². The second-order valence-corrected chi connectivity index (χ2v) is 4.16. The standard InChI is InChI=1S/C10H12FNS/c1-3-7(2)13-10-5-4-8(11)6-9(10)12/h3-7H,1,12H2,2H3. The summed E-state index contributed by atoms with van der Waals surface area (Å²) in [4.78, 5) is 0.897. The predicted molar refractivity (Wildman–Crippen MR) is 56.3 cm³/mol. The van der Waals surface area contributed by atoms with Crippen LogP contribution >= 0.6 is 11.8 Å². The summed E-state index contributed by atoms with van der Waals surface area (Å²) in [6.07, 6.45) is 1.83. The highest BCUT2D eigenvalue weighted by Gasteiger charge is 2.04. The highest BCUT2D eigenvalue weighted by atomic mass is 32.2. The van der Waals surface area contributed by atoms with Crippen LogP contribution in [0.25, 0.3) is 0 Å². The van der Waals surface area contributed by atoms with E-state index in [2.05, 4.69) is 6.58 Å². The van der Waals surface area contributed by atoms with Gasteiger partial charge in [0.2, 0.25) is 0 Å². The quantitative estimate of drug-likeness (QED) is 0.458. The summed E-state index contributed by atoms with van der Waals surface area (Å²) in [5.41, 5.74) is 6.11. The molecule has 0 aliphatic rings. The molecule has 70 valence electrons. The fourth-order valence-corrected chi connectivity index (χ4v) is 1.71. The minimum Gasteiger partial charge on any atom is -0.398 e. The van der Waals surface area contributed by atoms with Gasteiger partial charge in [-0.15, -0.1) is 18.3 Å². The molecule has 0 aromatic heterocycles. The average Bonchev–Trinajstić information content (AvgIpc) is 2.09. The van der Waals surface area contributed by atoms with Crippen LogP contribution in [0.1, 0.15) is 6.92 Å². The number of halogens is 1. The van der Waals surface area contributed by atoms with Gasteiger partial charge in [-0.05, 0) is 25.1 Å². The second kappa shape index (κ2) is 4.33. The van der Waals surface area contributed by atoms with Crippen LogP contribution < -0.4 is 5.73 Å². The Morgan fingerprint density at radius 1 is 1.62 bits per heavy atom. The van der Waals surface area contributed by atoms with Gasteiger partial charge in [-0.2, -0.15) is 0 Å². The molecule has 1 rings (SSSR count). The zero-order valence-corrected chi connectivity index (χ0v) is 8.27. The number of thioether (sulfide) groups is 1. The molecule has 0 radical (unpaired) electrons. The number of nitrogens with two attached hydrogens (primary N) is 1. The molecule has 1 nitrogen and oxygen atoms in total. The topological polar surface area (TPSA) is 26.0 Å². The Morgan fingerprint density at radius 3 is 2.85 bits per heavy atom. The van der Waals surface area contributed by atoms with Crippen molar-refractivity contribution in [3.8, 4) is 0 Å². The van der Waals surface area contributed by atoms with Gasteiger partial charge >= 0.3 is 0 Å². The first-order chi connectivity index (χ1) is 6.13. The van der Waals surface area contributed by atoms with E-state index in [0.717, 1.165) is 4.90 Å². The molecular formula is C10H12FNS. The van der Waals surface area contributed by atoms with Crippen molar-refractivity contribution in [2.45, 2.75) is 17.1 Å². The van der Waals surface area contributed by atoms with E-state index in [0.29, 0.717) is 5.69 Å². The zero-order chi connectivity index (χ0) is 9.84. The molecule has 13 heavy (non-hydrogen) atoms. The van der Waals surface area contributed by atoms with Crippen LogP contribution in [0.3, 0.4) is 0 Å². The molecule has 3 heteroatoms. The molecule has 0 aliphatic heterocycles. The maximum Gasteiger partial charge on any atom is 0.125 e. The number of hydrogen-bond acceptors (Lipinski definition) is 2. The first-order valence-electron chi connectivity index (χ1n) is 3.97. The fourth-order valence-electron chi connectivity index (χ4n) is 0.875. The van der Waals surface area contributed by atoms with E-state index < -0.39 is 0 Å². The highest BCUT2D eigenvalue weighted by molar-refractivity contribution is 8.00. The minimum atomic E-state index is -0.298. The monoisotopic (exact) mass is 197 g/mol. The lowest BCUT2D eigenvalue weighted by Gasteiger charge is -2.08. The maximum atomic E-state index is 12.7. The largest absolute Gasteiger partial charge is 0.398 e. The van der Waals surface area contributed by atoms with Crippen molar-refractivity contribution in [1.82, 2.24) is 0 Å². The second-order valence-electron chi connectivity index (χ2n) is 2.74. The van der Waals surface area contributed by atoms with Gasteiger partial charge in [0, 0.05) is 15.8 Å². The lowest BCUT2D eigenvalue weighted by atomic mass is 10.3. The van der Waals surface area contributed by atoms with E-state index >= 15 is 0 Å². The van der Waals surface area contributed by atoms with Crippen LogP contribution in [-0.2, 0) is 0 Å². The molecule has 2 N–H and O–H groups in total. The molecule has 1 aromatic rings. The Hall–Kier alpha value is -0.960. The molecule has 0 aliphatic carbocycles. The van der Waals surface area contributed by atoms with Crippen LogP contribution in [0.5, 0.6) is 0 Å². The lowest BCUT2D eigenvalue weighted by molar-refractivity contribution is 0.627. The molecule has 0 bridgehead atoms. The van der Waals surface area contributed by atoms with Crippen molar-refractivity contribution < 1.29 is 4.39 Å². The van der Waals surface area contributed by atoms with E-state index in [4.69, 9.17) is 5.73 Å². The lowest BCUT2D eigenvalue weighted by Crippen LogP contribution is -1.94. The maximum absolute atomic E-state index is 12.7. The molecule has 1 atom stereocenters. The van der Waals surface area contributed by atoms with Crippen molar-refractivity contribution >= 4 is 17.4 Å². The van der Waals surface area contributed by atoms with Gasteiger partial charge in [0.1, 0.15) is 5.82 Å². The van der Waals surface area contributed by atoms with Gasteiger partial charge in [-0.1, -0.05) is 6.08 Å². The number of hydrogen-bond donors (Lipinski definition) is 1. The number of anilines is 1. The van der Waals surface area contributed by atoms with Crippen LogP contribution in [-0.4, -0.2) is 5.25 Å². The van der Waals surface area contributed by atoms with Gasteiger partial charge in [0.15, 0.2) is 0 Å². The van der Waals surface area contributed by atoms with Gasteiger partial charge in [-0.3, -0.25) is 0 Å². The molecule has 0 heterocycles. The minimum absolute atomic E-state index is 0.285. The third-order valence-corrected chi connectivity index (χ3v) is 2.81. The van der Waals surface area contributed by atoms with E-state index in [9.17, 15) is 4.39 Å². The van der Waals surface area contributed by atoms with Gasteiger partial charge in [0.05, 0.1) is 0 Å². The van der Waals surface area contributed by atoms with Crippen molar-refractivity contribution in [3.05, 3.63) is 36.7 Å². The van der Waals surface area contributed by atoms with Crippen molar-refractivity contribution in [1.29, 1.82) is 0 Å². The van der Waals surface area contributed by atoms with E-state index in [1.54, 1.807) is 17.8 Å². The number of benzene rings is 1. The molecule has 0 fully saturated rings. The predicted octanol–water partition coefficient (Wildman–Crippen LogP) is 3.07.